The first-order valence-electron chi connectivity index (χ1n) is 21.1. The lowest BCUT2D eigenvalue weighted by Gasteiger charge is -2.28. The van der Waals surface area contributed by atoms with Crippen molar-refractivity contribution in [2.75, 3.05) is 24.6 Å². The number of rotatable bonds is 36. The number of unbranched alkanes of at least 4 members (excludes halogenated alkanes) is 26. The van der Waals surface area contributed by atoms with Gasteiger partial charge in [0.2, 0.25) is 0 Å². The van der Waals surface area contributed by atoms with Crippen LogP contribution in [0.5, 0.6) is 0 Å². The summed E-state index contributed by atoms with van der Waals surface area (Å²) in [5.41, 5.74) is 0. The first-order chi connectivity index (χ1) is 22.0. The van der Waals surface area contributed by atoms with Crippen molar-refractivity contribution in [2.45, 2.75) is 240 Å². The molecule has 0 aromatic carbocycles. The van der Waals surface area contributed by atoms with Gasteiger partial charge in [0, 0.05) is 13.7 Å². The summed E-state index contributed by atoms with van der Waals surface area (Å²) in [5.74, 6) is -0.663. The van der Waals surface area contributed by atoms with Crippen LogP contribution in [0.25, 0.3) is 0 Å². The zero-order valence-corrected chi connectivity index (χ0v) is 33.2. The van der Waals surface area contributed by atoms with E-state index < -0.39 is 13.2 Å². The molecule has 0 aromatic heterocycles. The minimum Gasteiger partial charge on any atom is -0.481 e. The summed E-state index contributed by atoms with van der Waals surface area (Å²) in [4.78, 5) is 10.1. The van der Waals surface area contributed by atoms with E-state index in [9.17, 15) is 4.79 Å². The molecule has 0 aliphatic heterocycles. The van der Waals surface area contributed by atoms with Gasteiger partial charge in [-0.1, -0.05) is 176 Å². The molecule has 3 heteroatoms. The highest BCUT2D eigenvalue weighted by atomic mass is 31.2. The van der Waals surface area contributed by atoms with E-state index in [1.54, 1.807) is 50.3 Å². The molecule has 0 aliphatic carbocycles. The molecule has 1 N–H and O–H groups in total. The van der Waals surface area contributed by atoms with Crippen molar-refractivity contribution in [1.82, 2.24) is 0 Å². The Labute approximate surface area is 287 Å². The maximum Gasteiger partial charge on any atom is 0.303 e. The first-order valence-corrected chi connectivity index (χ1v) is 23.6. The molecule has 0 amide bonds. The van der Waals surface area contributed by atoms with Gasteiger partial charge in [0.25, 0.3) is 0 Å². The van der Waals surface area contributed by atoms with Crippen molar-refractivity contribution < 1.29 is 9.90 Å². The SMILES string of the molecule is CCCCCCCCCC(=O)O.CCCCCCCCCCCCCC[P+](CCCCCC)(CCCCCC)CCCCCC. The maximum absolute atomic E-state index is 10.1. The summed E-state index contributed by atoms with van der Waals surface area (Å²) < 4.78 is 0. The van der Waals surface area contributed by atoms with Crippen molar-refractivity contribution in [3.63, 3.8) is 0 Å². The second-order valence-electron chi connectivity index (χ2n) is 14.6. The smallest absolute Gasteiger partial charge is 0.303 e. The van der Waals surface area contributed by atoms with E-state index in [1.807, 2.05) is 0 Å². The molecule has 0 aliphatic rings. The largest absolute Gasteiger partial charge is 0.481 e. The Bertz CT molecular complexity index is 518. The molecule has 45 heavy (non-hydrogen) atoms. The van der Waals surface area contributed by atoms with Crippen LogP contribution in [0.15, 0.2) is 0 Å². The van der Waals surface area contributed by atoms with Gasteiger partial charge in [-0.05, 0) is 57.8 Å². The van der Waals surface area contributed by atoms with E-state index in [4.69, 9.17) is 5.11 Å². The molecule has 0 fully saturated rings. The molecule has 0 bridgehead atoms. The molecule has 0 atom stereocenters. The number of carbonyl (C=O) groups is 1. The highest BCUT2D eigenvalue weighted by Crippen LogP contribution is 2.61. The van der Waals surface area contributed by atoms with Crippen LogP contribution in [0.1, 0.15) is 240 Å². The van der Waals surface area contributed by atoms with E-state index in [1.165, 1.54) is 161 Å². The van der Waals surface area contributed by atoms with Crippen LogP contribution in [0, 0.1) is 0 Å². The molecule has 0 saturated heterocycles. The molecule has 0 saturated carbocycles. The highest BCUT2D eigenvalue weighted by molar-refractivity contribution is 7.75. The fourth-order valence-electron chi connectivity index (χ4n) is 6.81. The third-order valence-electron chi connectivity index (χ3n) is 9.94. The van der Waals surface area contributed by atoms with Crippen molar-refractivity contribution >= 4 is 13.2 Å². The fourth-order valence-corrected chi connectivity index (χ4v) is 11.7. The summed E-state index contributed by atoms with van der Waals surface area (Å²) >= 11 is 0. The van der Waals surface area contributed by atoms with Gasteiger partial charge in [-0.3, -0.25) is 4.79 Å². The van der Waals surface area contributed by atoms with Crippen LogP contribution in [-0.4, -0.2) is 35.7 Å². The van der Waals surface area contributed by atoms with Crippen molar-refractivity contribution in [3.05, 3.63) is 0 Å². The molecule has 0 spiro atoms. The zero-order chi connectivity index (χ0) is 33.5. The lowest BCUT2D eigenvalue weighted by Crippen LogP contribution is -2.13. The Morgan fingerprint density at radius 1 is 0.333 bits per heavy atom. The van der Waals surface area contributed by atoms with E-state index in [0.717, 1.165) is 12.8 Å². The third-order valence-corrected chi connectivity index (χ3v) is 15.0. The Kier molecular flexibility index (Phi) is 41.9. The summed E-state index contributed by atoms with van der Waals surface area (Å²) in [5, 5.41) is 8.35. The molecular weight excluding hydrogens is 567 g/mol. The minimum atomic E-state index is -0.697. The Morgan fingerprint density at radius 3 is 0.778 bits per heavy atom. The van der Waals surface area contributed by atoms with Gasteiger partial charge >= 0.3 is 5.97 Å². The fraction of sp³-hybridized carbons (Fsp3) is 0.976. The minimum absolute atomic E-state index is 0.341. The summed E-state index contributed by atoms with van der Waals surface area (Å²) in [6.07, 6.45) is 50.7. The van der Waals surface area contributed by atoms with Gasteiger partial charge in [0.05, 0.1) is 24.6 Å². The summed E-state index contributed by atoms with van der Waals surface area (Å²) in [6, 6.07) is 0. The lowest BCUT2D eigenvalue weighted by atomic mass is 10.1. The molecule has 2 nitrogen and oxygen atoms in total. The quantitative estimate of drug-likeness (QED) is 0.0539. The topological polar surface area (TPSA) is 37.3 Å². The molecule has 0 rings (SSSR count). The van der Waals surface area contributed by atoms with Crippen LogP contribution in [0.3, 0.4) is 0 Å². The third kappa shape index (κ3) is 38.2. The highest BCUT2D eigenvalue weighted by Gasteiger charge is 2.34. The van der Waals surface area contributed by atoms with E-state index in [0.29, 0.717) is 6.42 Å². The van der Waals surface area contributed by atoms with Crippen molar-refractivity contribution in [3.8, 4) is 0 Å². The van der Waals surface area contributed by atoms with Gasteiger partial charge in [-0.15, -0.1) is 0 Å². The van der Waals surface area contributed by atoms with E-state index in [-0.39, 0.29) is 0 Å². The predicted molar refractivity (Wildman–Crippen MR) is 210 cm³/mol. The van der Waals surface area contributed by atoms with Crippen molar-refractivity contribution in [2.24, 2.45) is 0 Å². The van der Waals surface area contributed by atoms with Gasteiger partial charge < -0.3 is 5.11 Å². The molecular formula is C42H88O2P+. The van der Waals surface area contributed by atoms with Gasteiger partial charge in [-0.25, -0.2) is 0 Å². The number of hydrogen-bond acceptors (Lipinski definition) is 1. The van der Waals surface area contributed by atoms with Gasteiger partial charge in [-0.2, -0.15) is 0 Å². The first kappa shape index (κ1) is 47.0. The lowest BCUT2D eigenvalue weighted by molar-refractivity contribution is -0.137. The monoisotopic (exact) mass is 656 g/mol. The summed E-state index contributed by atoms with van der Waals surface area (Å²) in [6.45, 7) is 11.6. The number of aliphatic carboxylic acids is 1. The average Bonchev–Trinajstić information content (AvgIpc) is 3.03. The number of carboxylic acids is 1. The van der Waals surface area contributed by atoms with Gasteiger partial charge in [0.15, 0.2) is 0 Å². The van der Waals surface area contributed by atoms with E-state index >= 15 is 0 Å². The average molecular weight is 656 g/mol. The molecule has 0 radical (unpaired) electrons. The van der Waals surface area contributed by atoms with Crippen LogP contribution in [0.2, 0.25) is 0 Å². The van der Waals surface area contributed by atoms with Crippen molar-refractivity contribution in [1.29, 1.82) is 0 Å². The van der Waals surface area contributed by atoms with Crippen LogP contribution in [0.4, 0.5) is 0 Å². The number of hydrogen-bond donors (Lipinski definition) is 1. The second kappa shape index (κ2) is 40.1. The second-order valence-corrected chi connectivity index (χ2v) is 19.0. The van der Waals surface area contributed by atoms with Gasteiger partial charge in [0.1, 0.15) is 0 Å². The Balaban J connectivity index is 0. The maximum atomic E-state index is 10.1. The Hall–Kier alpha value is -0.100. The summed E-state index contributed by atoms with van der Waals surface area (Å²) in [7, 11) is -0.697. The van der Waals surface area contributed by atoms with Crippen LogP contribution in [-0.2, 0) is 4.79 Å². The van der Waals surface area contributed by atoms with E-state index in [2.05, 4.69) is 34.6 Å². The normalized spacial score (nSPS) is 11.5. The molecule has 0 heterocycles. The standard InChI is InChI=1S/C32H68P.C10H20O2/c1-5-9-13-17-18-19-20-21-22-23-24-28-32-33(29-25-14-10-6-2,30-26-15-11-7-3)31-27-16-12-8-4;1-2-3-4-5-6-7-8-9-10(11)12/h5-32H2,1-4H3;2-9H2,1H3,(H,11,12)/q+1;. The predicted octanol–water partition coefficient (Wildman–Crippen LogP) is 15.7. The molecule has 272 valence electrons. The Morgan fingerprint density at radius 2 is 0.533 bits per heavy atom. The zero-order valence-electron chi connectivity index (χ0n) is 32.3. The van der Waals surface area contributed by atoms with Crippen LogP contribution < -0.4 is 0 Å². The molecule has 0 aromatic rings. The molecule has 0 unspecified atom stereocenters. The number of carboxylic acid groups (broad SMARTS) is 1. The van der Waals surface area contributed by atoms with Crippen LogP contribution >= 0.6 is 7.26 Å².